The van der Waals surface area contributed by atoms with Crippen LogP contribution in [0.15, 0.2) is 12.7 Å². The normalized spacial score (nSPS) is 14.5. The minimum absolute atomic E-state index is 0.00677. The summed E-state index contributed by atoms with van der Waals surface area (Å²) in [5, 5.41) is 11.9. The molecule has 4 heteroatoms. The van der Waals surface area contributed by atoms with Gasteiger partial charge in [0.2, 0.25) is 5.91 Å². The minimum atomic E-state index is 0.00677. The van der Waals surface area contributed by atoms with Crippen LogP contribution < -0.4 is 5.32 Å². The third-order valence-corrected chi connectivity index (χ3v) is 3.17. The Morgan fingerprint density at radius 1 is 1.71 bits per heavy atom. The lowest BCUT2D eigenvalue weighted by Gasteiger charge is -2.21. The molecule has 0 aliphatic rings. The van der Waals surface area contributed by atoms with Crippen molar-refractivity contribution < 1.29 is 9.90 Å². The Labute approximate surface area is 90.0 Å². The fraction of sp³-hybridized carbons (Fsp3) is 0.700. The zero-order chi connectivity index (χ0) is 11.0. The molecule has 2 N–H and O–H groups in total. The maximum Gasteiger partial charge on any atom is 0.220 e. The zero-order valence-corrected chi connectivity index (χ0v) is 9.64. The molecule has 3 nitrogen and oxygen atoms in total. The van der Waals surface area contributed by atoms with Gasteiger partial charge in [0.1, 0.15) is 0 Å². The van der Waals surface area contributed by atoms with Gasteiger partial charge in [-0.1, -0.05) is 6.08 Å². The van der Waals surface area contributed by atoms with Crippen LogP contribution in [0.25, 0.3) is 0 Å². The number of aliphatic hydroxyl groups is 1. The summed E-state index contributed by atoms with van der Waals surface area (Å²) in [6, 6.07) is 0.00677. The SMILES string of the molecule is C=CCCC(=O)NC(C)C(CO)SC. The Kier molecular flexibility index (Phi) is 7.61. The van der Waals surface area contributed by atoms with Gasteiger partial charge in [0, 0.05) is 17.7 Å². The Morgan fingerprint density at radius 3 is 2.79 bits per heavy atom. The summed E-state index contributed by atoms with van der Waals surface area (Å²) >= 11 is 1.56. The van der Waals surface area contributed by atoms with Crippen LogP contribution in [0.2, 0.25) is 0 Å². The fourth-order valence-electron chi connectivity index (χ4n) is 1.09. The van der Waals surface area contributed by atoms with Gasteiger partial charge in [-0.15, -0.1) is 6.58 Å². The van der Waals surface area contributed by atoms with Crippen LogP contribution in [0, 0.1) is 0 Å². The number of carbonyl (C=O) groups is 1. The van der Waals surface area contributed by atoms with E-state index in [1.54, 1.807) is 17.8 Å². The molecule has 14 heavy (non-hydrogen) atoms. The summed E-state index contributed by atoms with van der Waals surface area (Å²) in [4.78, 5) is 11.3. The van der Waals surface area contributed by atoms with Gasteiger partial charge in [-0.2, -0.15) is 11.8 Å². The van der Waals surface area contributed by atoms with Crippen LogP contribution in [-0.4, -0.2) is 35.2 Å². The van der Waals surface area contributed by atoms with Gasteiger partial charge in [-0.05, 0) is 19.6 Å². The highest BCUT2D eigenvalue weighted by molar-refractivity contribution is 7.99. The lowest BCUT2D eigenvalue weighted by atomic mass is 10.2. The molecule has 0 aliphatic carbocycles. The molecule has 82 valence electrons. The molecule has 0 aromatic carbocycles. The third kappa shape index (κ3) is 5.29. The number of hydrogen-bond acceptors (Lipinski definition) is 3. The zero-order valence-electron chi connectivity index (χ0n) is 8.82. The average Bonchev–Trinajstić information content (AvgIpc) is 2.16. The number of carbonyl (C=O) groups excluding carboxylic acids is 1. The number of nitrogens with one attached hydrogen (secondary N) is 1. The molecule has 1 amide bonds. The van der Waals surface area contributed by atoms with E-state index in [1.807, 2.05) is 13.2 Å². The minimum Gasteiger partial charge on any atom is -0.395 e. The smallest absolute Gasteiger partial charge is 0.220 e. The van der Waals surface area contributed by atoms with Crippen molar-refractivity contribution in [3.05, 3.63) is 12.7 Å². The van der Waals surface area contributed by atoms with Crippen molar-refractivity contribution in [2.24, 2.45) is 0 Å². The second-order valence-corrected chi connectivity index (χ2v) is 4.22. The van der Waals surface area contributed by atoms with Crippen LogP contribution in [0.5, 0.6) is 0 Å². The number of allylic oxidation sites excluding steroid dienone is 1. The van der Waals surface area contributed by atoms with Crippen LogP contribution in [-0.2, 0) is 4.79 Å². The van der Waals surface area contributed by atoms with Crippen LogP contribution in [0.1, 0.15) is 19.8 Å². The van der Waals surface area contributed by atoms with Crippen molar-refractivity contribution in [3.63, 3.8) is 0 Å². The van der Waals surface area contributed by atoms with Gasteiger partial charge >= 0.3 is 0 Å². The van der Waals surface area contributed by atoms with Gasteiger partial charge in [0.05, 0.1) is 6.61 Å². The van der Waals surface area contributed by atoms with E-state index in [4.69, 9.17) is 5.11 Å². The largest absolute Gasteiger partial charge is 0.395 e. The topological polar surface area (TPSA) is 49.3 Å². The van der Waals surface area contributed by atoms with E-state index in [9.17, 15) is 4.79 Å². The lowest BCUT2D eigenvalue weighted by Crippen LogP contribution is -2.41. The van der Waals surface area contributed by atoms with Gasteiger partial charge < -0.3 is 10.4 Å². The van der Waals surface area contributed by atoms with E-state index in [0.29, 0.717) is 12.8 Å². The van der Waals surface area contributed by atoms with Crippen molar-refractivity contribution >= 4 is 17.7 Å². The summed E-state index contributed by atoms with van der Waals surface area (Å²) in [5.74, 6) is 0.0184. The molecular weight excluding hydrogens is 198 g/mol. The number of rotatable bonds is 7. The highest BCUT2D eigenvalue weighted by atomic mass is 32.2. The third-order valence-electron chi connectivity index (χ3n) is 2.00. The molecule has 0 fully saturated rings. The summed E-state index contributed by atoms with van der Waals surface area (Å²) in [5.41, 5.74) is 0. The van der Waals surface area contributed by atoms with Gasteiger partial charge in [-0.25, -0.2) is 0 Å². The van der Waals surface area contributed by atoms with E-state index in [0.717, 1.165) is 0 Å². The second-order valence-electron chi connectivity index (χ2n) is 3.14. The van der Waals surface area contributed by atoms with E-state index >= 15 is 0 Å². The van der Waals surface area contributed by atoms with Gasteiger partial charge in [-0.3, -0.25) is 4.79 Å². The summed E-state index contributed by atoms with van der Waals surface area (Å²) in [6.07, 6.45) is 4.82. The molecule has 0 aromatic heterocycles. The fourth-order valence-corrected chi connectivity index (χ4v) is 1.71. The van der Waals surface area contributed by atoms with Gasteiger partial charge in [0.25, 0.3) is 0 Å². The van der Waals surface area contributed by atoms with E-state index in [2.05, 4.69) is 11.9 Å². The molecular formula is C10H19NO2S. The van der Waals surface area contributed by atoms with Crippen molar-refractivity contribution in [1.82, 2.24) is 5.32 Å². The highest BCUT2D eigenvalue weighted by Gasteiger charge is 2.16. The summed E-state index contributed by atoms with van der Waals surface area (Å²) in [6.45, 7) is 5.55. The first-order valence-corrected chi connectivity index (χ1v) is 5.98. The van der Waals surface area contributed by atoms with Crippen LogP contribution in [0.4, 0.5) is 0 Å². The van der Waals surface area contributed by atoms with Crippen molar-refractivity contribution in [3.8, 4) is 0 Å². The molecule has 0 bridgehead atoms. The first-order chi connectivity index (χ1) is 6.65. The highest BCUT2D eigenvalue weighted by Crippen LogP contribution is 2.10. The molecule has 0 radical (unpaired) electrons. The molecule has 0 spiro atoms. The molecule has 2 atom stereocenters. The Hall–Kier alpha value is -0.480. The Bertz CT molecular complexity index is 181. The Morgan fingerprint density at radius 2 is 2.36 bits per heavy atom. The molecule has 0 aromatic rings. The maximum atomic E-state index is 11.3. The van der Waals surface area contributed by atoms with Crippen molar-refractivity contribution in [2.75, 3.05) is 12.9 Å². The van der Waals surface area contributed by atoms with Crippen molar-refractivity contribution in [1.29, 1.82) is 0 Å². The predicted molar refractivity (Wildman–Crippen MR) is 61.4 cm³/mol. The number of hydrogen-bond donors (Lipinski definition) is 2. The standard InChI is InChI=1S/C10H19NO2S/c1-4-5-6-10(13)11-8(2)9(7-12)14-3/h4,8-9,12H,1,5-7H2,2-3H3,(H,11,13). The van der Waals surface area contributed by atoms with Gasteiger partial charge in [0.15, 0.2) is 0 Å². The quantitative estimate of drug-likeness (QED) is 0.630. The maximum absolute atomic E-state index is 11.3. The predicted octanol–water partition coefficient (Wildman–Crippen LogP) is 1.18. The number of aliphatic hydroxyl groups excluding tert-OH is 1. The molecule has 0 heterocycles. The van der Waals surface area contributed by atoms with E-state index in [-0.39, 0.29) is 23.8 Å². The number of thioether (sulfide) groups is 1. The average molecular weight is 217 g/mol. The Balaban J connectivity index is 3.84. The molecule has 0 saturated carbocycles. The molecule has 0 saturated heterocycles. The van der Waals surface area contributed by atoms with Crippen LogP contribution >= 0.6 is 11.8 Å². The summed E-state index contributed by atoms with van der Waals surface area (Å²) in [7, 11) is 0. The molecule has 0 aliphatic heterocycles. The lowest BCUT2D eigenvalue weighted by molar-refractivity contribution is -0.121. The van der Waals surface area contributed by atoms with Crippen LogP contribution in [0.3, 0.4) is 0 Å². The molecule has 2 unspecified atom stereocenters. The summed E-state index contributed by atoms with van der Waals surface area (Å²) < 4.78 is 0. The first kappa shape index (κ1) is 13.5. The monoisotopic (exact) mass is 217 g/mol. The second kappa shape index (κ2) is 7.88. The molecule has 0 rings (SSSR count). The number of amides is 1. The van der Waals surface area contributed by atoms with Crippen molar-refractivity contribution in [2.45, 2.75) is 31.1 Å². The van der Waals surface area contributed by atoms with E-state index in [1.165, 1.54) is 0 Å². The van der Waals surface area contributed by atoms with E-state index < -0.39 is 0 Å². The first-order valence-electron chi connectivity index (χ1n) is 4.69.